The fourth-order valence-electron chi connectivity index (χ4n) is 3.37. The molecule has 0 aliphatic carbocycles. The highest BCUT2D eigenvalue weighted by Crippen LogP contribution is 2.39. The molecule has 1 unspecified atom stereocenters. The van der Waals surface area contributed by atoms with Crippen LogP contribution in [0.5, 0.6) is 0 Å². The van der Waals surface area contributed by atoms with Gasteiger partial charge in [0.15, 0.2) is 5.78 Å². The molecule has 2 rings (SSSR count). The predicted molar refractivity (Wildman–Crippen MR) is 101 cm³/mol. The van der Waals surface area contributed by atoms with E-state index in [0.717, 1.165) is 0 Å². The van der Waals surface area contributed by atoms with Crippen molar-refractivity contribution in [1.29, 1.82) is 0 Å². The Morgan fingerprint density at radius 2 is 1.96 bits per heavy atom. The Bertz CT molecular complexity index is 705. The molecule has 1 amide bonds. The van der Waals surface area contributed by atoms with Gasteiger partial charge in [0.2, 0.25) is 0 Å². The maximum Gasteiger partial charge on any atom is 0.411 e. The molecular weight excluding hydrogens is 380 g/mol. The monoisotopic (exact) mass is 403 g/mol. The number of hydrogen-bond donors (Lipinski definition) is 0. The first kappa shape index (κ1) is 21.0. The van der Waals surface area contributed by atoms with Crippen molar-refractivity contribution < 1.29 is 18.7 Å². The molecule has 0 radical (unpaired) electrons. The van der Waals surface area contributed by atoms with E-state index in [2.05, 4.69) is 0 Å². The Balaban J connectivity index is 2.45. The van der Waals surface area contributed by atoms with Crippen molar-refractivity contribution >= 4 is 35.1 Å². The van der Waals surface area contributed by atoms with E-state index < -0.39 is 23.4 Å². The first-order chi connectivity index (χ1) is 12.0. The zero-order valence-corrected chi connectivity index (χ0v) is 17.0. The van der Waals surface area contributed by atoms with E-state index in [0.29, 0.717) is 23.4 Å². The van der Waals surface area contributed by atoms with Gasteiger partial charge in [0, 0.05) is 12.0 Å². The van der Waals surface area contributed by atoms with Gasteiger partial charge in [0.05, 0.1) is 16.6 Å². The number of hydrogen-bond acceptors (Lipinski definition) is 3. The summed E-state index contributed by atoms with van der Waals surface area (Å²) in [5.41, 5.74) is -1.72. The fraction of sp³-hybridized carbons (Fsp3) is 0.579. The summed E-state index contributed by atoms with van der Waals surface area (Å²) in [6.45, 7) is 6.92. The quantitative estimate of drug-likeness (QED) is 0.606. The number of likely N-dealkylation sites (tertiary alicyclic amines) is 1. The smallest absolute Gasteiger partial charge is 0.411 e. The van der Waals surface area contributed by atoms with Crippen molar-refractivity contribution in [2.75, 3.05) is 6.54 Å². The van der Waals surface area contributed by atoms with Gasteiger partial charge in [-0.05, 0) is 45.4 Å². The van der Waals surface area contributed by atoms with Crippen LogP contribution in [0.15, 0.2) is 18.2 Å². The van der Waals surface area contributed by atoms with Crippen LogP contribution in [-0.2, 0) is 4.74 Å². The maximum absolute atomic E-state index is 14.4. The van der Waals surface area contributed by atoms with E-state index in [4.69, 9.17) is 27.9 Å². The van der Waals surface area contributed by atoms with Gasteiger partial charge in [-0.1, -0.05) is 36.5 Å². The Morgan fingerprint density at radius 1 is 1.31 bits per heavy atom. The van der Waals surface area contributed by atoms with Crippen LogP contribution in [0.25, 0.3) is 0 Å². The molecule has 1 fully saturated rings. The standard InChI is InChI=1S/C19H24Cl2FNO3/c1-5-8-19(16(24)12-6-7-14(20)15(21)9-12)10-13(22)11-23(19)17(25)26-18(2,3)4/h6-7,9,13H,5,8,10-11H2,1-4H3/t13?,19-/m0/s1. The SMILES string of the molecule is CCC[C@@]1(C(=O)c2ccc(Cl)c(Cl)c2)CC(F)CN1C(=O)OC(C)(C)C. The van der Waals surface area contributed by atoms with Crippen LogP contribution in [0.2, 0.25) is 10.0 Å². The van der Waals surface area contributed by atoms with Crippen molar-refractivity contribution in [2.45, 2.75) is 64.3 Å². The second kappa shape index (κ2) is 7.73. The highest BCUT2D eigenvalue weighted by atomic mass is 35.5. The van der Waals surface area contributed by atoms with Gasteiger partial charge < -0.3 is 4.74 Å². The summed E-state index contributed by atoms with van der Waals surface area (Å²) in [6.07, 6.45) is -1.08. The van der Waals surface area contributed by atoms with Crippen molar-refractivity contribution in [1.82, 2.24) is 4.90 Å². The molecule has 1 aliphatic rings. The number of carbonyl (C=O) groups excluding carboxylic acids is 2. The molecule has 1 aromatic rings. The minimum Gasteiger partial charge on any atom is -0.444 e. The zero-order chi connectivity index (χ0) is 19.7. The highest BCUT2D eigenvalue weighted by molar-refractivity contribution is 6.42. The van der Waals surface area contributed by atoms with Crippen LogP contribution in [-0.4, -0.2) is 40.6 Å². The first-order valence-electron chi connectivity index (χ1n) is 8.64. The summed E-state index contributed by atoms with van der Waals surface area (Å²) in [4.78, 5) is 27.3. The molecule has 0 aromatic heterocycles. The van der Waals surface area contributed by atoms with Gasteiger partial charge in [-0.15, -0.1) is 0 Å². The molecule has 1 saturated heterocycles. The van der Waals surface area contributed by atoms with Gasteiger partial charge in [-0.3, -0.25) is 9.69 Å². The van der Waals surface area contributed by atoms with Crippen molar-refractivity contribution in [3.8, 4) is 0 Å². The number of Topliss-reactive ketones (excluding diaryl/α,β-unsaturated/α-hetero) is 1. The number of benzene rings is 1. The number of ether oxygens (including phenoxy) is 1. The normalized spacial score (nSPS) is 23.2. The molecule has 1 aliphatic heterocycles. The molecule has 4 nitrogen and oxygen atoms in total. The topological polar surface area (TPSA) is 46.6 Å². The Kier molecular flexibility index (Phi) is 6.24. The molecule has 26 heavy (non-hydrogen) atoms. The number of carbonyl (C=O) groups is 2. The van der Waals surface area contributed by atoms with Gasteiger partial charge in [-0.2, -0.15) is 0 Å². The van der Waals surface area contributed by atoms with Crippen molar-refractivity contribution in [3.63, 3.8) is 0 Å². The second-order valence-electron chi connectivity index (χ2n) is 7.63. The van der Waals surface area contributed by atoms with E-state index in [-0.39, 0.29) is 23.8 Å². The van der Waals surface area contributed by atoms with E-state index >= 15 is 0 Å². The molecule has 1 aromatic carbocycles. The third kappa shape index (κ3) is 4.32. The number of nitrogens with zero attached hydrogens (tertiary/aromatic N) is 1. The highest BCUT2D eigenvalue weighted by Gasteiger charge is 2.54. The van der Waals surface area contributed by atoms with E-state index in [1.54, 1.807) is 26.8 Å². The van der Waals surface area contributed by atoms with Crippen LogP contribution in [0.3, 0.4) is 0 Å². The number of halogens is 3. The summed E-state index contributed by atoms with van der Waals surface area (Å²) in [5.74, 6) is -0.344. The molecule has 0 saturated carbocycles. The molecule has 0 spiro atoms. The lowest BCUT2D eigenvalue weighted by Gasteiger charge is -2.37. The second-order valence-corrected chi connectivity index (χ2v) is 8.45. The van der Waals surface area contributed by atoms with Gasteiger partial charge >= 0.3 is 6.09 Å². The predicted octanol–water partition coefficient (Wildman–Crippen LogP) is 5.69. The van der Waals surface area contributed by atoms with Gasteiger partial charge in [0.1, 0.15) is 17.3 Å². The van der Waals surface area contributed by atoms with Crippen molar-refractivity contribution in [2.24, 2.45) is 0 Å². The lowest BCUT2D eigenvalue weighted by molar-refractivity contribution is 0.00704. The Morgan fingerprint density at radius 3 is 2.50 bits per heavy atom. The van der Waals surface area contributed by atoms with Crippen LogP contribution in [0, 0.1) is 0 Å². The number of ketones is 1. The number of amides is 1. The summed E-state index contributed by atoms with van der Waals surface area (Å²) >= 11 is 12.0. The molecule has 0 bridgehead atoms. The third-order valence-corrected chi connectivity index (χ3v) is 5.08. The van der Waals surface area contributed by atoms with Crippen LogP contribution in [0.1, 0.15) is 57.3 Å². The summed E-state index contributed by atoms with van der Waals surface area (Å²) < 4.78 is 19.8. The van der Waals surface area contributed by atoms with E-state index in [1.807, 2.05) is 6.92 Å². The first-order valence-corrected chi connectivity index (χ1v) is 9.40. The van der Waals surface area contributed by atoms with E-state index in [1.165, 1.54) is 17.0 Å². The van der Waals surface area contributed by atoms with Crippen LogP contribution < -0.4 is 0 Å². The summed E-state index contributed by atoms with van der Waals surface area (Å²) in [6, 6.07) is 4.53. The van der Waals surface area contributed by atoms with Crippen LogP contribution >= 0.6 is 23.2 Å². The molecule has 2 atom stereocenters. The fourth-order valence-corrected chi connectivity index (χ4v) is 3.66. The molecular formula is C19H24Cl2FNO3. The van der Waals surface area contributed by atoms with Crippen molar-refractivity contribution in [3.05, 3.63) is 33.8 Å². The van der Waals surface area contributed by atoms with Crippen LogP contribution in [0.4, 0.5) is 9.18 Å². The molecule has 144 valence electrons. The lowest BCUT2D eigenvalue weighted by atomic mass is 9.82. The van der Waals surface area contributed by atoms with Gasteiger partial charge in [0.25, 0.3) is 0 Å². The average Bonchev–Trinajstić information content (AvgIpc) is 2.86. The average molecular weight is 404 g/mol. The number of alkyl halides is 1. The maximum atomic E-state index is 14.4. The Hall–Kier alpha value is -1.33. The minimum atomic E-state index is -1.29. The third-order valence-electron chi connectivity index (χ3n) is 4.34. The summed E-state index contributed by atoms with van der Waals surface area (Å²) in [5, 5.41) is 0.564. The largest absolute Gasteiger partial charge is 0.444 e. The minimum absolute atomic E-state index is 0.0564. The Labute approximate surface area is 163 Å². The molecule has 7 heteroatoms. The van der Waals surface area contributed by atoms with Gasteiger partial charge in [-0.25, -0.2) is 9.18 Å². The zero-order valence-electron chi connectivity index (χ0n) is 15.4. The molecule has 1 heterocycles. The van der Waals surface area contributed by atoms with E-state index in [9.17, 15) is 14.0 Å². The summed E-state index contributed by atoms with van der Waals surface area (Å²) in [7, 11) is 0. The molecule has 0 N–H and O–H groups in total. The number of rotatable bonds is 4. The lowest BCUT2D eigenvalue weighted by Crippen LogP contribution is -2.54.